The highest BCUT2D eigenvalue weighted by molar-refractivity contribution is 6.62. The van der Waals surface area contributed by atoms with Crippen LogP contribution in [0.25, 0.3) is 0 Å². The minimum atomic E-state index is -0.280. The fourth-order valence-electron chi connectivity index (χ4n) is 1.91. The molecule has 1 aliphatic heterocycles. The van der Waals surface area contributed by atoms with Crippen molar-refractivity contribution < 1.29 is 9.31 Å². The van der Waals surface area contributed by atoms with Gasteiger partial charge >= 0.3 is 7.12 Å². The summed E-state index contributed by atoms with van der Waals surface area (Å²) in [6.07, 6.45) is 0. The van der Waals surface area contributed by atoms with Crippen molar-refractivity contribution in [3.63, 3.8) is 0 Å². The average molecular weight is 247 g/mol. The van der Waals surface area contributed by atoms with Gasteiger partial charge < -0.3 is 14.2 Å². The van der Waals surface area contributed by atoms with E-state index >= 15 is 0 Å². The molecule has 1 heterocycles. The van der Waals surface area contributed by atoms with E-state index in [2.05, 4.69) is 56.9 Å². The zero-order valence-corrected chi connectivity index (χ0v) is 12.2. The smallest absolute Gasteiger partial charge is 0.399 e. The van der Waals surface area contributed by atoms with Crippen LogP contribution in [0, 0.1) is 0 Å². The molecule has 98 valence electrons. The molecule has 0 amide bonds. The zero-order valence-electron chi connectivity index (χ0n) is 12.2. The topological polar surface area (TPSA) is 21.7 Å². The second-order valence-corrected chi connectivity index (χ2v) is 6.07. The molecule has 0 saturated carbocycles. The van der Waals surface area contributed by atoms with Crippen LogP contribution in [0.15, 0.2) is 24.3 Å². The molecule has 0 aliphatic carbocycles. The van der Waals surface area contributed by atoms with Crippen LogP contribution in [0.2, 0.25) is 0 Å². The lowest BCUT2D eigenvalue weighted by Crippen LogP contribution is -2.41. The molecule has 4 heteroatoms. The number of rotatable bonds is 2. The van der Waals surface area contributed by atoms with Crippen molar-refractivity contribution in [3.05, 3.63) is 24.3 Å². The number of benzene rings is 1. The third-order valence-corrected chi connectivity index (χ3v) is 3.93. The summed E-state index contributed by atoms with van der Waals surface area (Å²) in [7, 11) is 3.79. The Bertz CT molecular complexity index is 410. The Kier molecular flexibility index (Phi) is 3.20. The van der Waals surface area contributed by atoms with Crippen LogP contribution in [0.3, 0.4) is 0 Å². The van der Waals surface area contributed by atoms with Crippen LogP contribution in [0.4, 0.5) is 5.69 Å². The van der Waals surface area contributed by atoms with E-state index in [9.17, 15) is 0 Å². The average Bonchev–Trinajstić information content (AvgIpc) is 2.48. The maximum atomic E-state index is 6.01. The third kappa shape index (κ3) is 2.27. The van der Waals surface area contributed by atoms with E-state index in [-0.39, 0.29) is 18.3 Å². The van der Waals surface area contributed by atoms with E-state index in [4.69, 9.17) is 9.31 Å². The van der Waals surface area contributed by atoms with Gasteiger partial charge in [0.2, 0.25) is 0 Å². The minimum Gasteiger partial charge on any atom is -0.399 e. The van der Waals surface area contributed by atoms with E-state index < -0.39 is 0 Å². The number of nitrogens with zero attached hydrogens (tertiary/aromatic N) is 1. The number of hydrogen-bond donors (Lipinski definition) is 0. The zero-order chi connectivity index (χ0) is 13.6. The van der Waals surface area contributed by atoms with Gasteiger partial charge in [-0.05, 0) is 45.3 Å². The normalized spacial score (nSPS) is 21.1. The Morgan fingerprint density at radius 1 is 0.889 bits per heavy atom. The molecule has 3 nitrogen and oxygen atoms in total. The number of anilines is 1. The Labute approximate surface area is 110 Å². The van der Waals surface area contributed by atoms with Crippen LogP contribution in [-0.2, 0) is 9.31 Å². The molecule has 0 atom stereocenters. The molecule has 1 saturated heterocycles. The summed E-state index contributed by atoms with van der Waals surface area (Å²) in [5, 5.41) is 0. The van der Waals surface area contributed by atoms with Crippen molar-refractivity contribution in [3.8, 4) is 0 Å². The predicted octanol–water partition coefficient (Wildman–Crippen LogP) is 2.05. The molecule has 0 radical (unpaired) electrons. The Morgan fingerprint density at radius 3 is 1.72 bits per heavy atom. The van der Waals surface area contributed by atoms with Crippen molar-refractivity contribution in [2.45, 2.75) is 38.9 Å². The molecule has 0 unspecified atom stereocenters. The monoisotopic (exact) mass is 247 g/mol. The van der Waals surface area contributed by atoms with Gasteiger partial charge in [-0.2, -0.15) is 0 Å². The first-order valence-electron chi connectivity index (χ1n) is 6.36. The molecule has 1 aromatic rings. The Balaban J connectivity index is 2.19. The fourth-order valence-corrected chi connectivity index (χ4v) is 1.91. The first-order valence-corrected chi connectivity index (χ1v) is 6.36. The Hall–Kier alpha value is -0.995. The van der Waals surface area contributed by atoms with Gasteiger partial charge in [-0.25, -0.2) is 0 Å². The highest BCUT2D eigenvalue weighted by atomic mass is 16.7. The predicted molar refractivity (Wildman–Crippen MR) is 76.5 cm³/mol. The summed E-state index contributed by atoms with van der Waals surface area (Å²) in [5.74, 6) is 0. The molecule has 0 N–H and O–H groups in total. The molecular formula is C14H22BNO2. The van der Waals surface area contributed by atoms with E-state index in [1.165, 1.54) is 5.69 Å². The van der Waals surface area contributed by atoms with Gasteiger partial charge in [0.05, 0.1) is 11.2 Å². The summed E-state index contributed by atoms with van der Waals surface area (Å²) >= 11 is 0. The summed E-state index contributed by atoms with van der Waals surface area (Å²) in [6.45, 7) is 8.28. The van der Waals surface area contributed by atoms with Crippen molar-refractivity contribution in [2.24, 2.45) is 0 Å². The van der Waals surface area contributed by atoms with Crippen molar-refractivity contribution in [2.75, 3.05) is 19.0 Å². The molecule has 18 heavy (non-hydrogen) atoms. The molecule has 0 spiro atoms. The second-order valence-electron chi connectivity index (χ2n) is 6.07. The molecule has 1 aliphatic rings. The molecule has 1 fully saturated rings. The molecule has 0 aromatic heterocycles. The van der Waals surface area contributed by atoms with E-state index in [1.807, 2.05) is 14.1 Å². The van der Waals surface area contributed by atoms with Crippen LogP contribution in [0.5, 0.6) is 0 Å². The lowest BCUT2D eigenvalue weighted by molar-refractivity contribution is 0.00578. The molecule has 1 aromatic carbocycles. The van der Waals surface area contributed by atoms with Gasteiger partial charge in [0, 0.05) is 19.8 Å². The lowest BCUT2D eigenvalue weighted by Gasteiger charge is -2.32. The highest BCUT2D eigenvalue weighted by Crippen LogP contribution is 2.36. The van der Waals surface area contributed by atoms with Crippen LogP contribution < -0.4 is 10.4 Å². The van der Waals surface area contributed by atoms with Crippen LogP contribution in [0.1, 0.15) is 27.7 Å². The largest absolute Gasteiger partial charge is 0.494 e. The second kappa shape index (κ2) is 4.28. The van der Waals surface area contributed by atoms with Crippen molar-refractivity contribution in [1.29, 1.82) is 0 Å². The first-order chi connectivity index (χ1) is 8.23. The maximum Gasteiger partial charge on any atom is 0.494 e. The van der Waals surface area contributed by atoms with Crippen LogP contribution in [-0.4, -0.2) is 32.4 Å². The summed E-state index contributed by atoms with van der Waals surface area (Å²) in [5.41, 5.74) is 1.69. The SMILES string of the molecule is CN(C)c1ccc(B2OC(C)(C)C(C)(C)O2)cc1. The Morgan fingerprint density at radius 2 is 1.33 bits per heavy atom. The molecule has 2 rings (SSSR count). The van der Waals surface area contributed by atoms with Gasteiger partial charge in [0.15, 0.2) is 0 Å². The van der Waals surface area contributed by atoms with Gasteiger partial charge in [-0.15, -0.1) is 0 Å². The van der Waals surface area contributed by atoms with Gasteiger partial charge in [-0.1, -0.05) is 12.1 Å². The standard InChI is InChI=1S/C14H22BNO2/c1-13(2)14(3,4)18-15(17-13)11-7-9-12(10-8-11)16(5)6/h7-10H,1-6H3. The molecular weight excluding hydrogens is 225 g/mol. The minimum absolute atomic E-state index is 0.272. The maximum absolute atomic E-state index is 6.01. The van der Waals surface area contributed by atoms with E-state index in [0.717, 1.165) is 5.46 Å². The summed E-state index contributed by atoms with van der Waals surface area (Å²) in [4.78, 5) is 2.08. The third-order valence-electron chi connectivity index (χ3n) is 3.93. The lowest BCUT2D eigenvalue weighted by atomic mass is 9.79. The van der Waals surface area contributed by atoms with Gasteiger partial charge in [0.1, 0.15) is 0 Å². The van der Waals surface area contributed by atoms with Gasteiger partial charge in [0.25, 0.3) is 0 Å². The fraction of sp³-hybridized carbons (Fsp3) is 0.571. The summed E-state index contributed by atoms with van der Waals surface area (Å²) < 4.78 is 12.0. The van der Waals surface area contributed by atoms with Gasteiger partial charge in [-0.3, -0.25) is 0 Å². The van der Waals surface area contributed by atoms with Crippen molar-refractivity contribution >= 4 is 18.3 Å². The van der Waals surface area contributed by atoms with Crippen LogP contribution >= 0.6 is 0 Å². The highest BCUT2D eigenvalue weighted by Gasteiger charge is 2.51. The first kappa shape index (κ1) is 13.4. The quantitative estimate of drug-likeness (QED) is 0.746. The van der Waals surface area contributed by atoms with E-state index in [1.54, 1.807) is 0 Å². The van der Waals surface area contributed by atoms with E-state index in [0.29, 0.717) is 0 Å². The number of hydrogen-bond acceptors (Lipinski definition) is 3. The van der Waals surface area contributed by atoms with Crippen molar-refractivity contribution in [1.82, 2.24) is 0 Å². The molecule has 0 bridgehead atoms. The summed E-state index contributed by atoms with van der Waals surface area (Å²) in [6, 6.07) is 8.30.